The number of amides is 1. The van der Waals surface area contributed by atoms with E-state index in [1.165, 1.54) is 26.2 Å². The SMILES string of the molecule is CN(C)S(=O)(=O)c1ccc(CNC(=O)CCc2ncc(-c3ccc(Cl)cc3)o2)cc1. The van der Waals surface area contributed by atoms with Crippen molar-refractivity contribution in [2.45, 2.75) is 24.3 Å². The zero-order valence-corrected chi connectivity index (χ0v) is 18.2. The number of halogens is 1. The standard InChI is InChI=1S/C21H22ClN3O4S/c1-25(2)30(27,28)18-9-3-15(4-10-18)13-23-20(26)11-12-21-24-14-19(29-21)16-5-7-17(22)8-6-16/h3-10,14H,11-13H2,1-2H3,(H,23,26). The highest BCUT2D eigenvalue weighted by Gasteiger charge is 2.16. The van der Waals surface area contributed by atoms with Crippen LogP contribution in [0, 0.1) is 0 Å². The van der Waals surface area contributed by atoms with E-state index in [1.807, 2.05) is 12.1 Å². The molecule has 0 spiro atoms. The van der Waals surface area contributed by atoms with Gasteiger partial charge in [-0.05, 0) is 42.0 Å². The van der Waals surface area contributed by atoms with Crippen LogP contribution in [0.15, 0.2) is 64.0 Å². The predicted octanol–water partition coefficient (Wildman–Crippen LogP) is 3.49. The normalized spacial score (nSPS) is 11.6. The average molecular weight is 448 g/mol. The van der Waals surface area contributed by atoms with Crippen LogP contribution in [-0.2, 0) is 27.8 Å². The largest absolute Gasteiger partial charge is 0.441 e. The van der Waals surface area contributed by atoms with E-state index in [1.54, 1.807) is 30.5 Å². The summed E-state index contributed by atoms with van der Waals surface area (Å²) < 4.78 is 31.0. The number of oxazole rings is 1. The number of benzene rings is 2. The molecule has 0 bridgehead atoms. The minimum atomic E-state index is -3.46. The number of nitrogens with zero attached hydrogens (tertiary/aromatic N) is 2. The van der Waals surface area contributed by atoms with Crippen molar-refractivity contribution >= 4 is 27.5 Å². The predicted molar refractivity (Wildman–Crippen MR) is 114 cm³/mol. The molecule has 2 aromatic carbocycles. The van der Waals surface area contributed by atoms with Gasteiger partial charge < -0.3 is 9.73 Å². The fourth-order valence-corrected chi connectivity index (χ4v) is 3.70. The molecule has 9 heteroatoms. The topological polar surface area (TPSA) is 92.5 Å². The highest BCUT2D eigenvalue weighted by atomic mass is 35.5. The molecule has 0 radical (unpaired) electrons. The van der Waals surface area contributed by atoms with Crippen molar-refractivity contribution in [3.05, 3.63) is 71.2 Å². The lowest BCUT2D eigenvalue weighted by molar-refractivity contribution is -0.121. The van der Waals surface area contributed by atoms with Gasteiger partial charge in [0.1, 0.15) is 0 Å². The van der Waals surface area contributed by atoms with Gasteiger partial charge in [-0.3, -0.25) is 4.79 Å². The zero-order valence-electron chi connectivity index (χ0n) is 16.6. The lowest BCUT2D eigenvalue weighted by Crippen LogP contribution is -2.23. The molecule has 7 nitrogen and oxygen atoms in total. The average Bonchev–Trinajstić information content (AvgIpc) is 3.20. The third kappa shape index (κ3) is 5.47. The Morgan fingerprint density at radius 1 is 1.10 bits per heavy atom. The van der Waals surface area contributed by atoms with Crippen molar-refractivity contribution in [3.63, 3.8) is 0 Å². The van der Waals surface area contributed by atoms with Crippen LogP contribution in [0.3, 0.4) is 0 Å². The number of carbonyl (C=O) groups is 1. The Morgan fingerprint density at radius 2 is 1.77 bits per heavy atom. The quantitative estimate of drug-likeness (QED) is 0.570. The van der Waals surface area contributed by atoms with Gasteiger partial charge in [0.05, 0.1) is 11.1 Å². The van der Waals surface area contributed by atoms with E-state index >= 15 is 0 Å². The number of carbonyl (C=O) groups excluding carboxylic acids is 1. The first-order chi connectivity index (χ1) is 14.3. The molecule has 30 heavy (non-hydrogen) atoms. The molecule has 1 heterocycles. The van der Waals surface area contributed by atoms with Crippen molar-refractivity contribution in [1.29, 1.82) is 0 Å². The summed E-state index contributed by atoms with van der Waals surface area (Å²) in [5.74, 6) is 0.953. The Labute approximate surface area is 180 Å². The third-order valence-electron chi connectivity index (χ3n) is 4.44. The maximum Gasteiger partial charge on any atom is 0.242 e. The van der Waals surface area contributed by atoms with Gasteiger partial charge >= 0.3 is 0 Å². The second kappa shape index (κ2) is 9.42. The monoisotopic (exact) mass is 447 g/mol. The highest BCUT2D eigenvalue weighted by molar-refractivity contribution is 7.89. The van der Waals surface area contributed by atoms with E-state index < -0.39 is 10.0 Å². The lowest BCUT2D eigenvalue weighted by atomic mass is 10.2. The van der Waals surface area contributed by atoms with Crippen molar-refractivity contribution < 1.29 is 17.6 Å². The summed E-state index contributed by atoms with van der Waals surface area (Å²) in [5.41, 5.74) is 1.67. The summed E-state index contributed by atoms with van der Waals surface area (Å²) in [6.45, 7) is 0.308. The van der Waals surface area contributed by atoms with Gasteiger partial charge in [0.2, 0.25) is 15.9 Å². The molecule has 0 saturated heterocycles. The van der Waals surface area contributed by atoms with E-state index in [-0.39, 0.29) is 17.2 Å². The summed E-state index contributed by atoms with van der Waals surface area (Å²) in [6.07, 6.45) is 2.23. The minimum absolute atomic E-state index is 0.147. The van der Waals surface area contributed by atoms with E-state index in [4.69, 9.17) is 16.0 Å². The Hall–Kier alpha value is -2.68. The van der Waals surface area contributed by atoms with E-state index in [0.29, 0.717) is 29.6 Å². The van der Waals surface area contributed by atoms with Crippen LogP contribution in [-0.4, -0.2) is 37.7 Å². The molecular formula is C21H22ClN3O4S. The van der Waals surface area contributed by atoms with Crippen LogP contribution in [0.5, 0.6) is 0 Å². The molecule has 3 aromatic rings. The van der Waals surface area contributed by atoms with Crippen LogP contribution < -0.4 is 5.32 Å². The van der Waals surface area contributed by atoms with Gasteiger partial charge in [-0.2, -0.15) is 0 Å². The lowest BCUT2D eigenvalue weighted by Gasteiger charge is -2.11. The maximum absolute atomic E-state index is 12.1. The van der Waals surface area contributed by atoms with Crippen LogP contribution in [0.4, 0.5) is 0 Å². The number of aryl methyl sites for hydroxylation is 1. The molecule has 1 amide bonds. The number of rotatable bonds is 8. The van der Waals surface area contributed by atoms with Gasteiger partial charge in [0.25, 0.3) is 0 Å². The minimum Gasteiger partial charge on any atom is -0.441 e. The molecule has 0 aliphatic heterocycles. The summed E-state index contributed by atoms with van der Waals surface area (Å²) >= 11 is 5.88. The van der Waals surface area contributed by atoms with Crippen molar-refractivity contribution in [3.8, 4) is 11.3 Å². The van der Waals surface area contributed by atoms with Gasteiger partial charge in [0.15, 0.2) is 11.7 Å². The summed E-state index contributed by atoms with van der Waals surface area (Å²) in [5, 5.41) is 3.45. The van der Waals surface area contributed by atoms with Gasteiger partial charge in [-0.25, -0.2) is 17.7 Å². The van der Waals surface area contributed by atoms with Gasteiger partial charge in [-0.1, -0.05) is 23.7 Å². The van der Waals surface area contributed by atoms with Crippen LogP contribution in [0.25, 0.3) is 11.3 Å². The highest BCUT2D eigenvalue weighted by Crippen LogP contribution is 2.22. The Morgan fingerprint density at radius 3 is 2.40 bits per heavy atom. The van der Waals surface area contributed by atoms with Gasteiger partial charge in [-0.15, -0.1) is 0 Å². The molecule has 1 aromatic heterocycles. The van der Waals surface area contributed by atoms with Gasteiger partial charge in [0, 0.05) is 44.1 Å². The Balaban J connectivity index is 1.49. The molecule has 0 saturated carbocycles. The molecular weight excluding hydrogens is 426 g/mol. The number of hydrogen-bond donors (Lipinski definition) is 1. The molecule has 0 fully saturated rings. The number of nitrogens with one attached hydrogen (secondary N) is 1. The van der Waals surface area contributed by atoms with E-state index in [9.17, 15) is 13.2 Å². The van der Waals surface area contributed by atoms with Crippen LogP contribution >= 0.6 is 11.6 Å². The molecule has 0 atom stereocenters. The third-order valence-corrected chi connectivity index (χ3v) is 6.52. The Bertz CT molecular complexity index is 1110. The molecule has 158 valence electrons. The molecule has 0 aliphatic carbocycles. The van der Waals surface area contributed by atoms with Crippen molar-refractivity contribution in [2.75, 3.05) is 14.1 Å². The molecule has 1 N–H and O–H groups in total. The zero-order chi connectivity index (χ0) is 21.7. The van der Waals surface area contributed by atoms with Crippen molar-refractivity contribution in [1.82, 2.24) is 14.6 Å². The second-order valence-corrected chi connectivity index (χ2v) is 9.42. The summed E-state index contributed by atoms with van der Waals surface area (Å²) in [4.78, 5) is 16.5. The van der Waals surface area contributed by atoms with Crippen LogP contribution in [0.1, 0.15) is 17.9 Å². The molecule has 3 rings (SSSR count). The van der Waals surface area contributed by atoms with Crippen LogP contribution in [0.2, 0.25) is 5.02 Å². The first kappa shape index (κ1) is 22.0. The first-order valence-electron chi connectivity index (χ1n) is 9.24. The smallest absolute Gasteiger partial charge is 0.242 e. The second-order valence-electron chi connectivity index (χ2n) is 6.83. The summed E-state index contributed by atoms with van der Waals surface area (Å²) in [7, 11) is -0.499. The number of sulfonamides is 1. The van der Waals surface area contributed by atoms with E-state index in [2.05, 4.69) is 10.3 Å². The molecule has 0 aliphatic rings. The van der Waals surface area contributed by atoms with E-state index in [0.717, 1.165) is 15.4 Å². The first-order valence-corrected chi connectivity index (χ1v) is 11.1. The Kier molecular flexibility index (Phi) is 6.91. The van der Waals surface area contributed by atoms with Crippen molar-refractivity contribution in [2.24, 2.45) is 0 Å². The fourth-order valence-electron chi connectivity index (χ4n) is 2.67. The number of hydrogen-bond acceptors (Lipinski definition) is 5. The fraction of sp³-hybridized carbons (Fsp3) is 0.238. The maximum atomic E-state index is 12.1. The summed E-state index contributed by atoms with van der Waals surface area (Å²) in [6, 6.07) is 13.7. The number of aromatic nitrogens is 1. The molecule has 0 unspecified atom stereocenters.